The van der Waals surface area contributed by atoms with Crippen molar-refractivity contribution in [2.24, 2.45) is 0 Å². The molecule has 0 fully saturated rings. The van der Waals surface area contributed by atoms with E-state index in [0.717, 1.165) is 29.7 Å². The number of nitrogens with zero attached hydrogens (tertiary/aromatic N) is 1. The predicted octanol–water partition coefficient (Wildman–Crippen LogP) is 5.96. The summed E-state index contributed by atoms with van der Waals surface area (Å²) in [6.07, 6.45) is 2.44. The van der Waals surface area contributed by atoms with E-state index in [1.807, 2.05) is 37.3 Å². The van der Waals surface area contributed by atoms with Crippen molar-refractivity contribution in [3.63, 3.8) is 0 Å². The number of rotatable bonds is 13. The molecule has 5 nitrogen and oxygen atoms in total. The van der Waals surface area contributed by atoms with E-state index < -0.39 is 6.04 Å². The molecule has 1 N–H and O–H groups in total. The Kier molecular flexibility index (Phi) is 11.9. The van der Waals surface area contributed by atoms with Gasteiger partial charge in [-0.2, -0.15) is 0 Å². The van der Waals surface area contributed by atoms with Crippen molar-refractivity contribution in [3.8, 4) is 5.75 Å². The number of carbonyl (C=O) groups is 2. The van der Waals surface area contributed by atoms with E-state index in [9.17, 15) is 9.59 Å². The maximum Gasteiger partial charge on any atom is 0.242 e. The SMILES string of the molecule is CCCCNC(=O)[C@@H](CC)N(Cc1ccc(OC)cc1)C(=O)CSCc1ccc(Cl)cc1Cl. The summed E-state index contributed by atoms with van der Waals surface area (Å²) in [6, 6.07) is 12.4. The van der Waals surface area contributed by atoms with Gasteiger partial charge in [-0.05, 0) is 48.2 Å². The molecule has 0 aliphatic heterocycles. The molecule has 0 heterocycles. The van der Waals surface area contributed by atoms with Gasteiger partial charge in [0.25, 0.3) is 0 Å². The van der Waals surface area contributed by atoms with Gasteiger partial charge in [-0.25, -0.2) is 0 Å². The van der Waals surface area contributed by atoms with Gasteiger partial charge < -0.3 is 15.0 Å². The van der Waals surface area contributed by atoms with Crippen molar-refractivity contribution in [3.05, 3.63) is 63.6 Å². The standard InChI is InChI=1S/C25H32Cl2N2O3S/c1-4-6-13-28-25(31)23(5-2)29(15-18-7-11-21(32-3)12-8-18)24(30)17-33-16-19-9-10-20(26)14-22(19)27/h7-12,14,23H,4-6,13,15-17H2,1-3H3,(H,28,31)/t23-/m1/s1. The molecule has 0 unspecified atom stereocenters. The molecular weight excluding hydrogens is 479 g/mol. The van der Waals surface area contributed by atoms with Gasteiger partial charge >= 0.3 is 0 Å². The van der Waals surface area contributed by atoms with Gasteiger partial charge in [0, 0.05) is 28.9 Å². The second kappa shape index (κ2) is 14.4. The lowest BCUT2D eigenvalue weighted by molar-refractivity contribution is -0.139. The normalized spacial score (nSPS) is 11.7. The average Bonchev–Trinajstić information content (AvgIpc) is 2.80. The van der Waals surface area contributed by atoms with E-state index in [1.165, 1.54) is 11.8 Å². The molecule has 2 rings (SSSR count). The second-order valence-electron chi connectivity index (χ2n) is 7.67. The van der Waals surface area contributed by atoms with Crippen LogP contribution in [0.3, 0.4) is 0 Å². The minimum Gasteiger partial charge on any atom is -0.497 e. The third-order valence-corrected chi connectivity index (χ3v) is 6.78. The minimum atomic E-state index is -0.531. The minimum absolute atomic E-state index is 0.0848. The molecule has 0 aromatic heterocycles. The second-order valence-corrected chi connectivity index (χ2v) is 9.50. The average molecular weight is 512 g/mol. The molecular formula is C25H32Cl2N2O3S. The fourth-order valence-electron chi connectivity index (χ4n) is 3.32. The number of halogens is 2. The van der Waals surface area contributed by atoms with Crippen molar-refractivity contribution in [1.29, 1.82) is 0 Å². The molecule has 0 spiro atoms. The molecule has 33 heavy (non-hydrogen) atoms. The smallest absolute Gasteiger partial charge is 0.242 e. The Balaban J connectivity index is 2.12. The van der Waals surface area contributed by atoms with Crippen LogP contribution in [0.4, 0.5) is 0 Å². The fraction of sp³-hybridized carbons (Fsp3) is 0.440. The zero-order valence-corrected chi connectivity index (χ0v) is 21.7. The summed E-state index contributed by atoms with van der Waals surface area (Å²) in [5.41, 5.74) is 1.86. The molecule has 0 bridgehead atoms. The molecule has 0 aliphatic rings. The van der Waals surface area contributed by atoms with E-state index in [-0.39, 0.29) is 17.6 Å². The number of methoxy groups -OCH3 is 1. The summed E-state index contributed by atoms with van der Waals surface area (Å²) >= 11 is 13.7. The number of hydrogen-bond donors (Lipinski definition) is 1. The highest BCUT2D eigenvalue weighted by Gasteiger charge is 2.28. The molecule has 0 radical (unpaired) electrons. The number of thioether (sulfide) groups is 1. The lowest BCUT2D eigenvalue weighted by atomic mass is 10.1. The molecule has 0 saturated heterocycles. The highest BCUT2D eigenvalue weighted by Crippen LogP contribution is 2.25. The summed E-state index contributed by atoms with van der Waals surface area (Å²) in [5.74, 6) is 1.37. The van der Waals surface area contributed by atoms with Crippen LogP contribution in [-0.2, 0) is 21.9 Å². The number of ether oxygens (including phenoxy) is 1. The van der Waals surface area contributed by atoms with Crippen molar-refractivity contribution >= 4 is 46.8 Å². The fourth-order valence-corrected chi connectivity index (χ4v) is 4.79. The Labute approximate surface area is 211 Å². The van der Waals surface area contributed by atoms with Crippen molar-refractivity contribution in [2.75, 3.05) is 19.4 Å². The third kappa shape index (κ3) is 8.76. The Morgan fingerprint density at radius 2 is 1.85 bits per heavy atom. The number of hydrogen-bond acceptors (Lipinski definition) is 4. The Morgan fingerprint density at radius 3 is 2.45 bits per heavy atom. The zero-order chi connectivity index (χ0) is 24.2. The molecule has 180 valence electrons. The first kappa shape index (κ1) is 27.4. The van der Waals surface area contributed by atoms with Crippen LogP contribution in [-0.4, -0.2) is 42.2 Å². The number of nitrogens with one attached hydrogen (secondary N) is 1. The van der Waals surface area contributed by atoms with Crippen LogP contribution in [0, 0.1) is 0 Å². The van der Waals surface area contributed by atoms with Gasteiger partial charge in [-0.3, -0.25) is 9.59 Å². The first-order valence-corrected chi connectivity index (χ1v) is 13.0. The molecule has 0 saturated carbocycles. The number of carbonyl (C=O) groups excluding carboxylic acids is 2. The molecule has 0 aliphatic carbocycles. The van der Waals surface area contributed by atoms with Gasteiger partial charge in [0.2, 0.25) is 11.8 Å². The Morgan fingerprint density at radius 1 is 1.12 bits per heavy atom. The summed E-state index contributed by atoms with van der Waals surface area (Å²) in [4.78, 5) is 27.9. The van der Waals surface area contributed by atoms with Crippen LogP contribution in [0.25, 0.3) is 0 Å². The van der Waals surface area contributed by atoms with Crippen molar-refractivity contribution < 1.29 is 14.3 Å². The third-order valence-electron chi connectivity index (χ3n) is 5.23. The predicted molar refractivity (Wildman–Crippen MR) is 138 cm³/mol. The molecule has 2 aromatic carbocycles. The van der Waals surface area contributed by atoms with Crippen LogP contribution in [0.1, 0.15) is 44.2 Å². The summed E-state index contributed by atoms with van der Waals surface area (Å²) in [7, 11) is 1.61. The van der Waals surface area contributed by atoms with E-state index in [1.54, 1.807) is 24.1 Å². The molecule has 2 aromatic rings. The first-order valence-electron chi connectivity index (χ1n) is 11.1. The van der Waals surface area contributed by atoms with Crippen LogP contribution >= 0.6 is 35.0 Å². The molecule has 2 amide bonds. The lowest BCUT2D eigenvalue weighted by Crippen LogP contribution is -2.49. The number of amides is 2. The number of unbranched alkanes of at least 4 members (excludes halogenated alkanes) is 1. The molecule has 1 atom stereocenters. The highest BCUT2D eigenvalue weighted by atomic mass is 35.5. The Bertz CT molecular complexity index is 909. The van der Waals surface area contributed by atoms with E-state index in [4.69, 9.17) is 27.9 Å². The quantitative estimate of drug-likeness (QED) is 0.337. The zero-order valence-electron chi connectivity index (χ0n) is 19.4. The van der Waals surface area contributed by atoms with Gasteiger partial charge in [0.1, 0.15) is 11.8 Å². The maximum absolute atomic E-state index is 13.3. The lowest BCUT2D eigenvalue weighted by Gasteiger charge is -2.30. The van der Waals surface area contributed by atoms with Crippen LogP contribution < -0.4 is 10.1 Å². The topological polar surface area (TPSA) is 58.6 Å². The van der Waals surface area contributed by atoms with Crippen LogP contribution in [0.15, 0.2) is 42.5 Å². The van der Waals surface area contributed by atoms with Crippen LogP contribution in [0.5, 0.6) is 5.75 Å². The van der Waals surface area contributed by atoms with Crippen LogP contribution in [0.2, 0.25) is 10.0 Å². The monoisotopic (exact) mass is 510 g/mol. The van der Waals surface area contributed by atoms with Crippen molar-refractivity contribution in [1.82, 2.24) is 10.2 Å². The first-order chi connectivity index (χ1) is 15.9. The maximum atomic E-state index is 13.3. The van der Waals surface area contributed by atoms with E-state index in [0.29, 0.717) is 35.3 Å². The summed E-state index contributed by atoms with van der Waals surface area (Å²) in [6.45, 7) is 4.97. The largest absolute Gasteiger partial charge is 0.497 e. The van der Waals surface area contributed by atoms with Crippen molar-refractivity contribution in [2.45, 2.75) is 51.4 Å². The highest BCUT2D eigenvalue weighted by molar-refractivity contribution is 7.99. The van der Waals surface area contributed by atoms with Gasteiger partial charge in [-0.15, -0.1) is 11.8 Å². The van der Waals surface area contributed by atoms with Gasteiger partial charge in [-0.1, -0.05) is 61.7 Å². The molecule has 8 heteroatoms. The number of benzene rings is 2. The Hall–Kier alpha value is -1.89. The summed E-state index contributed by atoms with van der Waals surface area (Å²) < 4.78 is 5.23. The van der Waals surface area contributed by atoms with E-state index >= 15 is 0 Å². The van der Waals surface area contributed by atoms with E-state index in [2.05, 4.69) is 12.2 Å². The van der Waals surface area contributed by atoms with Gasteiger partial charge in [0.15, 0.2) is 0 Å². The van der Waals surface area contributed by atoms with Gasteiger partial charge in [0.05, 0.1) is 12.9 Å². The summed E-state index contributed by atoms with van der Waals surface area (Å²) in [5, 5.41) is 4.14.